The van der Waals surface area contributed by atoms with Crippen molar-refractivity contribution < 1.29 is 23.7 Å². The van der Waals surface area contributed by atoms with Gasteiger partial charge in [-0.25, -0.2) is 15.0 Å². The van der Waals surface area contributed by atoms with Gasteiger partial charge in [-0.15, -0.1) is 22.7 Å². The minimum atomic E-state index is -1.02. The minimum Gasteiger partial charge on any atom is -0.500 e. The largest absolute Gasteiger partial charge is 0.500 e. The molecule has 4 aromatic carbocycles. The van der Waals surface area contributed by atoms with Gasteiger partial charge < -0.3 is 28.7 Å². The van der Waals surface area contributed by atoms with Gasteiger partial charge in [0, 0.05) is 85.9 Å². The number of carbonyl (C=O) groups is 1. The lowest BCUT2D eigenvalue weighted by Gasteiger charge is -2.28. The Morgan fingerprint density at radius 1 is 0.558 bits per heavy atom. The molecular formula is C80H82N8O5S2. The molecule has 4 heterocycles. The Labute approximate surface area is 570 Å². The lowest BCUT2D eigenvalue weighted by atomic mass is 9.87. The van der Waals surface area contributed by atoms with Crippen LogP contribution in [0.25, 0.3) is 46.1 Å². The van der Waals surface area contributed by atoms with Crippen LogP contribution in [0.15, 0.2) is 191 Å². The number of unbranched alkanes of at least 4 members (excludes halogenated alkanes) is 4. The molecule has 6 aromatic rings. The molecule has 2 atom stereocenters. The zero-order chi connectivity index (χ0) is 68.6. The summed E-state index contributed by atoms with van der Waals surface area (Å²) in [4.78, 5) is 26.8. The molecule has 0 radical (unpaired) electrons. The molecular weight excluding hydrogens is 1220 g/mol. The van der Waals surface area contributed by atoms with Gasteiger partial charge in [0.2, 0.25) is 5.70 Å². The molecule has 2 aromatic heterocycles. The van der Waals surface area contributed by atoms with E-state index in [9.17, 15) is 15.3 Å². The van der Waals surface area contributed by atoms with E-state index in [0.29, 0.717) is 11.1 Å². The fourth-order valence-electron chi connectivity index (χ4n) is 10.6. The lowest BCUT2D eigenvalue weighted by molar-refractivity contribution is -0.104. The van der Waals surface area contributed by atoms with Crippen molar-refractivity contribution in [1.82, 2.24) is 0 Å². The Morgan fingerprint density at radius 3 is 1.39 bits per heavy atom. The lowest BCUT2D eigenvalue weighted by Crippen LogP contribution is -2.25. The average Bonchev–Trinajstić information content (AvgIpc) is 1.62. The van der Waals surface area contributed by atoms with Gasteiger partial charge in [-0.2, -0.15) is 15.8 Å². The van der Waals surface area contributed by atoms with Crippen LogP contribution in [0.5, 0.6) is 11.5 Å². The van der Waals surface area contributed by atoms with Crippen LogP contribution in [0.3, 0.4) is 0 Å². The number of benzene rings is 4. The highest BCUT2D eigenvalue weighted by atomic mass is 32.1. The third kappa shape index (κ3) is 19.5. The Kier molecular flexibility index (Phi) is 29.2. The maximum atomic E-state index is 10.4. The van der Waals surface area contributed by atoms with E-state index >= 15 is 0 Å². The first-order chi connectivity index (χ1) is 46.2. The number of nitrogens with zero attached hydrogens (tertiary/aromatic N) is 8. The second kappa shape index (κ2) is 37.8. The first-order valence-electron chi connectivity index (χ1n) is 31.9. The average molecular weight is 1300 g/mol. The molecule has 95 heavy (non-hydrogen) atoms. The summed E-state index contributed by atoms with van der Waals surface area (Å²) in [5, 5.41) is 36.8. The molecule has 2 unspecified atom stereocenters. The number of anilines is 2. The molecule has 2 aliphatic rings. The number of thiophene rings is 2. The SMILES string of the molecule is CC1=C(C#N)C(=C(C#N)C#N)OC1(C)c1ccccc1.CCCCN(CCCC)c1ccc(/C=C/c2ccc(/C=C/C=O)s2)c(OC)c1.[C-]#[N+]C1=C(/C=C/C=C/c2ccc(/C=C/c3ccc(N(CCCC)CCCC)cc3OC)s2)C(C)(c2ccccc2)O/C1=C(\C#N)[N+]#[C-]. The molecule has 8 rings (SSSR count). The summed E-state index contributed by atoms with van der Waals surface area (Å²) in [6.45, 7) is 33.9. The normalized spacial score (nSPS) is 16.2. The quantitative estimate of drug-likeness (QED) is 0.0158. The molecule has 0 bridgehead atoms. The fourth-order valence-corrected chi connectivity index (χ4v) is 12.2. The number of hydrogen-bond acceptors (Lipinski definition) is 13. The first kappa shape index (κ1) is 73.4. The van der Waals surface area contributed by atoms with Crippen LogP contribution >= 0.6 is 22.7 Å². The topological polar surface area (TPSA) is 164 Å². The highest BCUT2D eigenvalue weighted by molar-refractivity contribution is 7.14. The van der Waals surface area contributed by atoms with Gasteiger partial charge in [-0.3, -0.25) is 4.79 Å². The summed E-state index contributed by atoms with van der Waals surface area (Å²) in [7, 11) is 3.45. The fraction of sp³-hybridized carbons (Fsp3) is 0.287. The predicted molar refractivity (Wildman–Crippen MR) is 389 cm³/mol. The molecule has 15 heteroatoms. The molecule has 0 saturated heterocycles. The molecule has 13 nitrogen and oxygen atoms in total. The summed E-state index contributed by atoms with van der Waals surface area (Å²) in [6, 6.07) is 47.6. The number of allylic oxidation sites excluding steroid dienone is 6. The van der Waals surface area contributed by atoms with Crippen molar-refractivity contribution in [1.29, 1.82) is 21.0 Å². The zero-order valence-electron chi connectivity index (χ0n) is 55.8. The van der Waals surface area contributed by atoms with Crippen molar-refractivity contribution >= 4 is 76.8 Å². The number of ether oxygens (including phenoxy) is 4. The van der Waals surface area contributed by atoms with E-state index in [1.54, 1.807) is 56.0 Å². The van der Waals surface area contributed by atoms with E-state index in [0.717, 1.165) is 85.7 Å². The van der Waals surface area contributed by atoms with Crippen LogP contribution in [0, 0.1) is 58.5 Å². The highest BCUT2D eigenvalue weighted by Gasteiger charge is 2.44. The number of nitriles is 4. The number of rotatable bonds is 27. The van der Waals surface area contributed by atoms with Crippen molar-refractivity contribution in [3.63, 3.8) is 0 Å². The van der Waals surface area contributed by atoms with Crippen molar-refractivity contribution in [2.24, 2.45) is 0 Å². The van der Waals surface area contributed by atoms with E-state index in [4.69, 9.17) is 42.6 Å². The summed E-state index contributed by atoms with van der Waals surface area (Å²) in [5.41, 5.74) is 5.70. The zero-order valence-corrected chi connectivity index (χ0v) is 57.5. The van der Waals surface area contributed by atoms with Crippen LogP contribution in [-0.4, -0.2) is 46.7 Å². The van der Waals surface area contributed by atoms with E-state index in [1.807, 2.05) is 123 Å². The Hall–Kier alpha value is -10.7. The molecule has 0 amide bonds. The van der Waals surface area contributed by atoms with E-state index in [2.05, 4.69) is 126 Å². The second-order valence-corrected chi connectivity index (χ2v) is 24.7. The van der Waals surface area contributed by atoms with Gasteiger partial charge >= 0.3 is 0 Å². The standard InChI is InChI=1S/C40H40N4O2S.C24H31NO2S.C16H11N3O/c1-7-9-26-44(27-10-8-2)32-22-20-30(37(28-32)45-6)21-23-34-25-24-33(47-34)18-14-15-19-35-38(43-5)39(36(29-41)42-4)46-40(35,3)31-16-12-11-13-17-31;1-4-6-16-25(17-7-5-2)21-12-10-20(24(19-21)27-3)11-13-23-15-14-22(28-23)9-8-18-26;1-11-14(10-19)15(12(8-17)9-18)20-16(11,2)13-6-4-3-5-7-13/h11-25,28H,7-10,26-27H2,1-3,6H3;8-15,18-19H,4-7,16-17H2,1-3H3;3-7H,1-2H3/b18-14+,19-15+,23-21+,39-36+;9-8+,13-11+;. The van der Waals surface area contributed by atoms with Gasteiger partial charge in [-0.1, -0.05) is 132 Å². The van der Waals surface area contributed by atoms with E-state index < -0.39 is 11.2 Å². The summed E-state index contributed by atoms with van der Waals surface area (Å²) >= 11 is 3.32. The minimum absolute atomic E-state index is 0.0266. The number of methoxy groups -OCH3 is 2. The van der Waals surface area contributed by atoms with E-state index in [1.165, 1.54) is 68.8 Å². The molecule has 0 N–H and O–H groups in total. The second-order valence-electron chi connectivity index (χ2n) is 22.4. The predicted octanol–water partition coefficient (Wildman–Crippen LogP) is 20.3. The highest BCUT2D eigenvalue weighted by Crippen LogP contribution is 2.48. The van der Waals surface area contributed by atoms with Crippen molar-refractivity contribution in [3.05, 3.63) is 255 Å². The van der Waals surface area contributed by atoms with Crippen LogP contribution in [-0.2, 0) is 25.5 Å². The third-order valence-corrected chi connectivity index (χ3v) is 18.1. The maximum Gasteiger partial charge on any atom is 0.292 e. The summed E-state index contributed by atoms with van der Waals surface area (Å²) in [5.74, 6) is 1.85. The smallest absolute Gasteiger partial charge is 0.292 e. The monoisotopic (exact) mass is 1300 g/mol. The van der Waals surface area contributed by atoms with Crippen molar-refractivity contribution in [2.45, 2.75) is 111 Å². The van der Waals surface area contributed by atoms with Gasteiger partial charge in [-0.05, 0) is 154 Å². The van der Waals surface area contributed by atoms with Crippen LogP contribution in [0.4, 0.5) is 11.4 Å². The van der Waals surface area contributed by atoms with Crippen molar-refractivity contribution in [2.75, 3.05) is 50.2 Å². The summed E-state index contributed by atoms with van der Waals surface area (Å²) in [6.07, 6.45) is 29.6. The van der Waals surface area contributed by atoms with Crippen molar-refractivity contribution in [3.8, 4) is 35.8 Å². The number of hydrogen-bond donors (Lipinski definition) is 0. The molecule has 0 fully saturated rings. The number of aldehydes is 1. The Morgan fingerprint density at radius 2 is 0.989 bits per heavy atom. The molecule has 2 aliphatic heterocycles. The van der Waals surface area contributed by atoms with E-state index in [-0.39, 0.29) is 34.1 Å². The first-order valence-corrected chi connectivity index (χ1v) is 33.5. The van der Waals surface area contributed by atoms with Gasteiger partial charge in [0.05, 0.1) is 39.0 Å². The molecule has 484 valence electrons. The van der Waals surface area contributed by atoms with Gasteiger partial charge in [0.25, 0.3) is 5.70 Å². The summed E-state index contributed by atoms with van der Waals surface area (Å²) < 4.78 is 23.5. The van der Waals surface area contributed by atoms with Gasteiger partial charge in [0.15, 0.2) is 16.9 Å². The third-order valence-electron chi connectivity index (χ3n) is 16.1. The number of carbonyl (C=O) groups excluding carboxylic acids is 1. The van der Waals surface area contributed by atoms with Crippen LogP contribution in [0.1, 0.15) is 142 Å². The van der Waals surface area contributed by atoms with Gasteiger partial charge in [0.1, 0.15) is 47.4 Å². The maximum absolute atomic E-state index is 10.4. The molecule has 0 aliphatic carbocycles. The Balaban J connectivity index is 0.000000251. The van der Waals surface area contributed by atoms with Crippen LogP contribution in [0.2, 0.25) is 0 Å². The molecule has 0 spiro atoms. The molecule has 0 saturated carbocycles. The Bertz CT molecular complexity index is 4110. The van der Waals surface area contributed by atoms with Crippen LogP contribution < -0.4 is 19.3 Å².